The first kappa shape index (κ1) is 14.5. The van der Waals surface area contributed by atoms with E-state index in [1.165, 1.54) is 0 Å². The first-order valence-corrected chi connectivity index (χ1v) is 6.85. The summed E-state index contributed by atoms with van der Waals surface area (Å²) in [4.78, 5) is 12.9. The Hall–Kier alpha value is -1.88. The zero-order valence-electron chi connectivity index (χ0n) is 11.8. The van der Waals surface area contributed by atoms with Crippen LogP contribution in [-0.4, -0.2) is 22.0 Å². The summed E-state index contributed by atoms with van der Waals surface area (Å²) in [5.41, 5.74) is 0.854. The molecular weight excluding hydrogens is 276 g/mol. The van der Waals surface area contributed by atoms with Gasteiger partial charge in [0.05, 0.1) is 16.8 Å². The minimum Gasteiger partial charge on any atom is -0.437 e. The van der Waals surface area contributed by atoms with Crippen LogP contribution in [0.25, 0.3) is 0 Å². The van der Waals surface area contributed by atoms with Crippen LogP contribution in [-0.2, 0) is 6.42 Å². The largest absolute Gasteiger partial charge is 0.437 e. The summed E-state index contributed by atoms with van der Waals surface area (Å²) >= 11 is 5.90. The van der Waals surface area contributed by atoms with Gasteiger partial charge >= 0.3 is 0 Å². The van der Waals surface area contributed by atoms with Crippen LogP contribution < -0.4 is 10.1 Å². The Morgan fingerprint density at radius 1 is 1.30 bits per heavy atom. The van der Waals surface area contributed by atoms with Crippen molar-refractivity contribution in [2.45, 2.75) is 26.7 Å². The fraction of sp³-hybridized carbons (Fsp3) is 0.357. The predicted molar refractivity (Wildman–Crippen MR) is 79.6 cm³/mol. The second-order valence-electron chi connectivity index (χ2n) is 4.36. The first-order valence-electron chi connectivity index (χ1n) is 6.47. The quantitative estimate of drug-likeness (QED) is 0.912. The monoisotopic (exact) mass is 292 g/mol. The molecule has 1 N–H and O–H groups in total. The molecule has 0 aromatic carbocycles. The van der Waals surface area contributed by atoms with E-state index in [1.807, 2.05) is 14.0 Å². The van der Waals surface area contributed by atoms with Gasteiger partial charge in [-0.2, -0.15) is 4.98 Å². The van der Waals surface area contributed by atoms with Crippen LogP contribution in [0.1, 0.15) is 24.7 Å². The Balaban J connectivity index is 2.36. The summed E-state index contributed by atoms with van der Waals surface area (Å²) in [6.07, 6.45) is 4.94. The van der Waals surface area contributed by atoms with Gasteiger partial charge in [0.15, 0.2) is 0 Å². The highest BCUT2D eigenvalue weighted by molar-refractivity contribution is 6.30. The molecule has 2 rings (SSSR count). The zero-order valence-corrected chi connectivity index (χ0v) is 12.5. The van der Waals surface area contributed by atoms with Crippen LogP contribution in [0.4, 0.5) is 5.82 Å². The molecule has 0 radical (unpaired) electrons. The van der Waals surface area contributed by atoms with Crippen molar-refractivity contribution in [2.24, 2.45) is 0 Å². The molecule has 20 heavy (non-hydrogen) atoms. The van der Waals surface area contributed by atoms with Gasteiger partial charge in [0, 0.05) is 25.7 Å². The molecule has 0 amide bonds. The van der Waals surface area contributed by atoms with Gasteiger partial charge < -0.3 is 10.1 Å². The highest BCUT2D eigenvalue weighted by Gasteiger charge is 2.12. The maximum absolute atomic E-state index is 5.90. The van der Waals surface area contributed by atoms with E-state index in [2.05, 4.69) is 27.2 Å². The van der Waals surface area contributed by atoms with E-state index in [-0.39, 0.29) is 0 Å². The smallest absolute Gasteiger partial charge is 0.227 e. The van der Waals surface area contributed by atoms with Gasteiger partial charge in [-0.05, 0) is 13.3 Å². The number of pyridine rings is 1. The van der Waals surface area contributed by atoms with Gasteiger partial charge in [-0.3, -0.25) is 4.98 Å². The molecule has 0 fully saturated rings. The summed E-state index contributed by atoms with van der Waals surface area (Å²) in [7, 11) is 1.83. The van der Waals surface area contributed by atoms with Crippen LogP contribution >= 0.6 is 11.6 Å². The maximum atomic E-state index is 5.90. The number of nitrogens with zero attached hydrogens (tertiary/aromatic N) is 3. The van der Waals surface area contributed by atoms with Gasteiger partial charge in [0.1, 0.15) is 17.4 Å². The van der Waals surface area contributed by atoms with Crippen molar-refractivity contribution in [2.75, 3.05) is 12.4 Å². The van der Waals surface area contributed by atoms with Crippen molar-refractivity contribution >= 4 is 17.4 Å². The Labute approximate surface area is 123 Å². The van der Waals surface area contributed by atoms with Crippen molar-refractivity contribution in [3.63, 3.8) is 0 Å². The lowest BCUT2D eigenvalue weighted by atomic mass is 10.3. The number of anilines is 1. The highest BCUT2D eigenvalue weighted by Crippen LogP contribution is 2.27. The number of aryl methyl sites for hydroxylation is 1. The molecule has 0 spiro atoms. The molecular formula is C14H17ClN4O. The normalized spacial score (nSPS) is 10.4. The van der Waals surface area contributed by atoms with Gasteiger partial charge in [0.25, 0.3) is 0 Å². The number of nitrogens with one attached hydrogen (secondary N) is 1. The van der Waals surface area contributed by atoms with Crippen LogP contribution in [0.15, 0.2) is 18.5 Å². The third-order valence-electron chi connectivity index (χ3n) is 2.75. The second kappa shape index (κ2) is 6.52. The highest BCUT2D eigenvalue weighted by atomic mass is 35.5. The number of hydrogen-bond acceptors (Lipinski definition) is 5. The number of aromatic nitrogens is 3. The SMILES string of the molecule is CCCc1nc(NC)c(C)c(Oc2cncc(Cl)c2)n1. The molecule has 0 atom stereocenters. The molecule has 0 bridgehead atoms. The molecule has 2 aromatic rings. The van der Waals surface area contributed by atoms with E-state index in [4.69, 9.17) is 16.3 Å². The lowest BCUT2D eigenvalue weighted by molar-refractivity contribution is 0.452. The van der Waals surface area contributed by atoms with E-state index in [9.17, 15) is 0 Å². The third-order valence-corrected chi connectivity index (χ3v) is 2.96. The number of ether oxygens (including phenoxy) is 1. The Morgan fingerprint density at radius 2 is 2.10 bits per heavy atom. The fourth-order valence-corrected chi connectivity index (χ4v) is 1.94. The first-order chi connectivity index (χ1) is 9.63. The van der Waals surface area contributed by atoms with E-state index < -0.39 is 0 Å². The molecule has 0 aliphatic heterocycles. The van der Waals surface area contributed by atoms with Gasteiger partial charge in [-0.1, -0.05) is 18.5 Å². The van der Waals surface area contributed by atoms with E-state index in [1.54, 1.807) is 18.5 Å². The fourth-order valence-electron chi connectivity index (χ4n) is 1.78. The standard InChI is InChI=1S/C14H17ClN4O/c1-4-5-12-18-13(16-3)9(2)14(19-12)20-11-6-10(15)7-17-8-11/h6-8H,4-5H2,1-3H3,(H,16,18,19). The van der Waals surface area contributed by atoms with E-state index in [0.717, 1.165) is 30.0 Å². The molecule has 5 nitrogen and oxygen atoms in total. The lowest BCUT2D eigenvalue weighted by Crippen LogP contribution is -2.05. The van der Waals surface area contributed by atoms with Crippen molar-refractivity contribution in [3.8, 4) is 11.6 Å². The van der Waals surface area contributed by atoms with Crippen LogP contribution in [0.2, 0.25) is 5.02 Å². The van der Waals surface area contributed by atoms with Gasteiger partial charge in [0.2, 0.25) is 5.88 Å². The molecule has 0 aliphatic rings. The van der Waals surface area contributed by atoms with Crippen LogP contribution in [0.3, 0.4) is 0 Å². The summed E-state index contributed by atoms with van der Waals surface area (Å²) in [5, 5.41) is 3.58. The van der Waals surface area contributed by atoms with Crippen molar-refractivity contribution in [1.29, 1.82) is 0 Å². The van der Waals surface area contributed by atoms with Crippen LogP contribution in [0, 0.1) is 6.92 Å². The summed E-state index contributed by atoms with van der Waals surface area (Å²) < 4.78 is 5.78. The number of halogens is 1. The summed E-state index contributed by atoms with van der Waals surface area (Å²) in [5.74, 6) is 2.61. The van der Waals surface area contributed by atoms with Crippen molar-refractivity contribution in [3.05, 3.63) is 34.9 Å². The average molecular weight is 293 g/mol. The molecule has 0 unspecified atom stereocenters. The molecule has 106 valence electrons. The summed E-state index contributed by atoms with van der Waals surface area (Å²) in [6, 6.07) is 1.70. The van der Waals surface area contributed by atoms with Crippen molar-refractivity contribution in [1.82, 2.24) is 15.0 Å². The zero-order chi connectivity index (χ0) is 14.5. The molecule has 0 saturated heterocycles. The molecule has 2 aromatic heterocycles. The van der Waals surface area contributed by atoms with Crippen molar-refractivity contribution < 1.29 is 4.74 Å². The topological polar surface area (TPSA) is 59.9 Å². The predicted octanol–water partition coefficient (Wildman–Crippen LogP) is 3.62. The van der Waals surface area contributed by atoms with Crippen LogP contribution in [0.5, 0.6) is 11.6 Å². The van der Waals surface area contributed by atoms with Gasteiger partial charge in [-0.15, -0.1) is 0 Å². The minimum absolute atomic E-state index is 0.525. The lowest BCUT2D eigenvalue weighted by Gasteiger charge is -2.12. The average Bonchev–Trinajstić information content (AvgIpc) is 2.42. The molecule has 2 heterocycles. The third kappa shape index (κ3) is 3.36. The van der Waals surface area contributed by atoms with Gasteiger partial charge in [-0.25, -0.2) is 4.98 Å². The maximum Gasteiger partial charge on any atom is 0.227 e. The molecule has 0 aliphatic carbocycles. The summed E-state index contributed by atoms with van der Waals surface area (Å²) in [6.45, 7) is 4.00. The molecule has 6 heteroatoms. The number of rotatable bonds is 5. The van der Waals surface area contributed by atoms with E-state index in [0.29, 0.717) is 16.7 Å². The Morgan fingerprint density at radius 3 is 2.75 bits per heavy atom. The Bertz CT molecular complexity index is 604. The Kier molecular flexibility index (Phi) is 4.74. The van der Waals surface area contributed by atoms with E-state index >= 15 is 0 Å². The second-order valence-corrected chi connectivity index (χ2v) is 4.80. The minimum atomic E-state index is 0.525. The molecule has 0 saturated carbocycles. The number of hydrogen-bond donors (Lipinski definition) is 1.